The molecule has 2 heterocycles. The van der Waals surface area contributed by atoms with Crippen LogP contribution in [0.5, 0.6) is 5.75 Å². The number of para-hydroxylation sites is 1. The van der Waals surface area contributed by atoms with E-state index in [1.54, 1.807) is 4.90 Å². The third-order valence-electron chi connectivity index (χ3n) is 4.59. The van der Waals surface area contributed by atoms with Crippen molar-refractivity contribution in [3.05, 3.63) is 59.7 Å². The van der Waals surface area contributed by atoms with Crippen molar-refractivity contribution in [3.8, 4) is 5.75 Å². The van der Waals surface area contributed by atoms with Crippen molar-refractivity contribution in [3.63, 3.8) is 0 Å². The zero-order valence-electron chi connectivity index (χ0n) is 14.2. The van der Waals surface area contributed by atoms with Crippen LogP contribution in [0.4, 0.5) is 5.69 Å². The lowest BCUT2D eigenvalue weighted by Crippen LogP contribution is -2.42. The Morgan fingerprint density at radius 1 is 1.04 bits per heavy atom. The standard InChI is InChI=1S/C20H21NO4/c1-14-6-5-9-16-18(14)25-19(15-7-3-2-4-8-15)20(22)21(16)11-10-17-23-12-13-24-17/h2-9,17,19H,10-13H2,1H3. The second kappa shape index (κ2) is 6.86. The number of hydrogen-bond acceptors (Lipinski definition) is 4. The van der Waals surface area contributed by atoms with Crippen LogP contribution in [-0.4, -0.2) is 32.0 Å². The molecule has 5 heteroatoms. The molecule has 2 aromatic carbocycles. The predicted molar refractivity (Wildman–Crippen MR) is 93.7 cm³/mol. The number of carbonyl (C=O) groups is 1. The van der Waals surface area contributed by atoms with Gasteiger partial charge in [-0.15, -0.1) is 0 Å². The van der Waals surface area contributed by atoms with Crippen molar-refractivity contribution in [1.29, 1.82) is 0 Å². The summed E-state index contributed by atoms with van der Waals surface area (Å²) >= 11 is 0. The predicted octanol–water partition coefficient (Wildman–Crippen LogP) is 3.22. The summed E-state index contributed by atoms with van der Waals surface area (Å²) in [5.41, 5.74) is 2.69. The van der Waals surface area contributed by atoms with Gasteiger partial charge in [0.2, 0.25) is 6.10 Å². The molecule has 4 rings (SSSR count). The van der Waals surface area contributed by atoms with E-state index in [2.05, 4.69) is 0 Å². The second-order valence-electron chi connectivity index (χ2n) is 6.28. The number of nitrogens with zero attached hydrogens (tertiary/aromatic N) is 1. The minimum Gasteiger partial charge on any atom is -0.473 e. The number of benzene rings is 2. The molecule has 1 fully saturated rings. The quantitative estimate of drug-likeness (QED) is 0.858. The molecule has 0 radical (unpaired) electrons. The number of anilines is 1. The molecule has 0 aromatic heterocycles. The Morgan fingerprint density at radius 2 is 1.80 bits per heavy atom. The SMILES string of the molecule is Cc1cccc2c1OC(c1ccccc1)C(=O)N2CCC1OCCO1. The number of rotatable bonds is 4. The Kier molecular flexibility index (Phi) is 4.42. The molecule has 130 valence electrons. The van der Waals surface area contributed by atoms with Crippen LogP contribution < -0.4 is 9.64 Å². The van der Waals surface area contributed by atoms with Crippen LogP contribution in [0.25, 0.3) is 0 Å². The zero-order valence-corrected chi connectivity index (χ0v) is 14.2. The fraction of sp³-hybridized carbons (Fsp3) is 0.350. The second-order valence-corrected chi connectivity index (χ2v) is 6.28. The molecule has 1 atom stereocenters. The van der Waals surface area contributed by atoms with E-state index in [0.29, 0.717) is 26.2 Å². The van der Waals surface area contributed by atoms with E-state index in [-0.39, 0.29) is 12.2 Å². The molecule has 0 spiro atoms. The van der Waals surface area contributed by atoms with Crippen molar-refractivity contribution < 1.29 is 19.0 Å². The van der Waals surface area contributed by atoms with Crippen molar-refractivity contribution in [1.82, 2.24) is 0 Å². The summed E-state index contributed by atoms with van der Waals surface area (Å²) in [6.07, 6.45) is -0.222. The number of ether oxygens (including phenoxy) is 3. The Morgan fingerprint density at radius 3 is 2.56 bits per heavy atom. The lowest BCUT2D eigenvalue weighted by molar-refractivity contribution is -0.127. The van der Waals surface area contributed by atoms with Gasteiger partial charge in [0.1, 0.15) is 5.75 Å². The summed E-state index contributed by atoms with van der Waals surface area (Å²) in [6, 6.07) is 15.5. The summed E-state index contributed by atoms with van der Waals surface area (Å²) < 4.78 is 17.1. The molecule has 25 heavy (non-hydrogen) atoms. The first kappa shape index (κ1) is 16.1. The molecular formula is C20H21NO4. The van der Waals surface area contributed by atoms with Gasteiger partial charge in [0, 0.05) is 18.5 Å². The molecule has 2 aromatic rings. The minimum absolute atomic E-state index is 0.0534. The lowest BCUT2D eigenvalue weighted by atomic mass is 10.0. The molecule has 1 amide bonds. The van der Waals surface area contributed by atoms with Crippen molar-refractivity contribution in [2.75, 3.05) is 24.7 Å². The van der Waals surface area contributed by atoms with Crippen LogP contribution in [0.2, 0.25) is 0 Å². The van der Waals surface area contributed by atoms with E-state index in [0.717, 1.165) is 22.6 Å². The van der Waals surface area contributed by atoms with E-state index in [1.807, 2.05) is 55.5 Å². The molecule has 0 saturated carbocycles. The van der Waals surface area contributed by atoms with E-state index in [1.165, 1.54) is 0 Å². The summed E-state index contributed by atoms with van der Waals surface area (Å²) in [7, 11) is 0. The van der Waals surface area contributed by atoms with E-state index >= 15 is 0 Å². The van der Waals surface area contributed by atoms with Gasteiger partial charge in [0.15, 0.2) is 6.29 Å². The molecule has 5 nitrogen and oxygen atoms in total. The maximum atomic E-state index is 13.1. The Labute approximate surface area is 147 Å². The van der Waals surface area contributed by atoms with Gasteiger partial charge in [-0.05, 0) is 18.6 Å². The molecule has 0 aliphatic carbocycles. The van der Waals surface area contributed by atoms with Crippen LogP contribution >= 0.6 is 0 Å². The number of hydrogen-bond donors (Lipinski definition) is 0. The van der Waals surface area contributed by atoms with E-state index in [4.69, 9.17) is 14.2 Å². The molecule has 2 aliphatic rings. The molecule has 2 aliphatic heterocycles. The van der Waals surface area contributed by atoms with Crippen LogP contribution in [0.15, 0.2) is 48.5 Å². The van der Waals surface area contributed by atoms with E-state index < -0.39 is 6.10 Å². The highest BCUT2D eigenvalue weighted by Crippen LogP contribution is 2.41. The highest BCUT2D eigenvalue weighted by molar-refractivity contribution is 6.00. The van der Waals surface area contributed by atoms with Gasteiger partial charge in [-0.1, -0.05) is 42.5 Å². The maximum Gasteiger partial charge on any atom is 0.272 e. The molecule has 1 unspecified atom stereocenters. The van der Waals surface area contributed by atoms with Crippen LogP contribution in [0, 0.1) is 6.92 Å². The smallest absolute Gasteiger partial charge is 0.272 e. The van der Waals surface area contributed by atoms with Gasteiger partial charge in [-0.25, -0.2) is 0 Å². The number of fused-ring (bicyclic) bond motifs is 1. The molecule has 1 saturated heterocycles. The van der Waals surface area contributed by atoms with Crippen molar-refractivity contribution in [2.45, 2.75) is 25.7 Å². The summed E-state index contributed by atoms with van der Waals surface area (Å²) in [4.78, 5) is 14.9. The normalized spacial score (nSPS) is 20.4. The summed E-state index contributed by atoms with van der Waals surface area (Å²) in [5.74, 6) is 0.714. The minimum atomic E-state index is -0.625. The van der Waals surface area contributed by atoms with Gasteiger partial charge in [-0.3, -0.25) is 4.79 Å². The number of amides is 1. The average Bonchev–Trinajstić information content (AvgIpc) is 3.15. The first-order chi connectivity index (χ1) is 12.2. The summed E-state index contributed by atoms with van der Waals surface area (Å²) in [5, 5.41) is 0. The van der Waals surface area contributed by atoms with Crippen molar-refractivity contribution in [2.24, 2.45) is 0 Å². The van der Waals surface area contributed by atoms with Crippen LogP contribution in [-0.2, 0) is 14.3 Å². The first-order valence-corrected chi connectivity index (χ1v) is 8.60. The fourth-order valence-corrected chi connectivity index (χ4v) is 3.31. The van der Waals surface area contributed by atoms with Crippen LogP contribution in [0.3, 0.4) is 0 Å². The largest absolute Gasteiger partial charge is 0.473 e. The zero-order chi connectivity index (χ0) is 17.2. The topological polar surface area (TPSA) is 48.0 Å². The van der Waals surface area contributed by atoms with Crippen molar-refractivity contribution >= 4 is 11.6 Å². The number of aryl methyl sites for hydroxylation is 1. The highest BCUT2D eigenvalue weighted by Gasteiger charge is 2.36. The third-order valence-corrected chi connectivity index (χ3v) is 4.59. The Hall–Kier alpha value is -2.37. The Bertz CT molecular complexity index is 756. The average molecular weight is 339 g/mol. The molecule has 0 N–H and O–H groups in total. The van der Waals surface area contributed by atoms with Gasteiger partial charge in [-0.2, -0.15) is 0 Å². The molecule has 0 bridgehead atoms. The highest BCUT2D eigenvalue weighted by atomic mass is 16.7. The van der Waals surface area contributed by atoms with Gasteiger partial charge in [0.05, 0.1) is 18.9 Å². The molecular weight excluding hydrogens is 318 g/mol. The first-order valence-electron chi connectivity index (χ1n) is 8.60. The lowest BCUT2D eigenvalue weighted by Gasteiger charge is -2.35. The monoisotopic (exact) mass is 339 g/mol. The van der Waals surface area contributed by atoms with Crippen LogP contribution in [0.1, 0.15) is 23.7 Å². The van der Waals surface area contributed by atoms with Gasteiger partial charge < -0.3 is 19.1 Å². The Balaban J connectivity index is 1.65. The number of carbonyl (C=O) groups excluding carboxylic acids is 1. The van der Waals surface area contributed by atoms with Gasteiger partial charge in [0.25, 0.3) is 5.91 Å². The van der Waals surface area contributed by atoms with Gasteiger partial charge >= 0.3 is 0 Å². The summed E-state index contributed by atoms with van der Waals surface area (Å²) in [6.45, 7) is 3.76. The maximum absolute atomic E-state index is 13.1. The van der Waals surface area contributed by atoms with E-state index in [9.17, 15) is 4.79 Å². The fourth-order valence-electron chi connectivity index (χ4n) is 3.31. The third kappa shape index (κ3) is 3.13.